The molecule has 440 valence electrons. The number of hydrogen-bond donors (Lipinski definition) is 2. The lowest BCUT2D eigenvalue weighted by atomic mass is 10.0. The average molecular weight is 1080 g/mol. The minimum atomic E-state index is -4.39. The molecule has 0 aromatic rings. The zero-order chi connectivity index (χ0) is 54.5. The Morgan fingerprint density at radius 3 is 1.09 bits per heavy atom. The molecular formula is C65H122NO8P. The summed E-state index contributed by atoms with van der Waals surface area (Å²) in [5, 5.41) is 0. The van der Waals surface area contributed by atoms with Crippen LogP contribution in [0.5, 0.6) is 0 Å². The Hall–Kier alpha value is -2.03. The number of phosphoric ester groups is 1. The van der Waals surface area contributed by atoms with E-state index in [4.69, 9.17) is 24.3 Å². The molecule has 75 heavy (non-hydrogen) atoms. The van der Waals surface area contributed by atoms with Crippen molar-refractivity contribution in [3.63, 3.8) is 0 Å². The summed E-state index contributed by atoms with van der Waals surface area (Å²) >= 11 is 0. The Morgan fingerprint density at radius 1 is 0.413 bits per heavy atom. The highest BCUT2D eigenvalue weighted by atomic mass is 31.2. The van der Waals surface area contributed by atoms with Crippen molar-refractivity contribution in [2.75, 3.05) is 26.4 Å². The maximum atomic E-state index is 12.7. The zero-order valence-electron chi connectivity index (χ0n) is 49.3. The maximum Gasteiger partial charge on any atom is 0.472 e. The first-order valence-corrected chi connectivity index (χ1v) is 33.6. The molecule has 0 rings (SSSR count). The summed E-state index contributed by atoms with van der Waals surface area (Å²) in [5.74, 6) is -0.814. The molecule has 0 radical (unpaired) electrons. The van der Waals surface area contributed by atoms with E-state index in [1.165, 1.54) is 225 Å². The Morgan fingerprint density at radius 2 is 0.733 bits per heavy atom. The highest BCUT2D eigenvalue weighted by molar-refractivity contribution is 7.47. The second kappa shape index (κ2) is 61.2. The smallest absolute Gasteiger partial charge is 0.462 e. The van der Waals surface area contributed by atoms with Crippen LogP contribution >= 0.6 is 7.82 Å². The van der Waals surface area contributed by atoms with Crippen LogP contribution in [-0.4, -0.2) is 49.3 Å². The lowest BCUT2D eigenvalue weighted by Gasteiger charge is -2.19. The topological polar surface area (TPSA) is 134 Å². The second-order valence-electron chi connectivity index (χ2n) is 21.6. The van der Waals surface area contributed by atoms with E-state index in [1.807, 2.05) is 0 Å². The van der Waals surface area contributed by atoms with Crippen LogP contribution in [0.4, 0.5) is 0 Å². The third-order valence-corrected chi connectivity index (χ3v) is 15.2. The zero-order valence-corrected chi connectivity index (χ0v) is 50.2. The molecule has 0 aromatic heterocycles. The predicted molar refractivity (Wildman–Crippen MR) is 321 cm³/mol. The van der Waals surface area contributed by atoms with Gasteiger partial charge in [0.1, 0.15) is 6.61 Å². The lowest BCUT2D eigenvalue weighted by molar-refractivity contribution is -0.161. The van der Waals surface area contributed by atoms with Gasteiger partial charge in [-0.2, -0.15) is 0 Å². The summed E-state index contributed by atoms with van der Waals surface area (Å²) < 4.78 is 33.1. The maximum absolute atomic E-state index is 12.7. The first-order chi connectivity index (χ1) is 36.8. The van der Waals surface area contributed by atoms with Gasteiger partial charge in [-0.25, -0.2) is 4.57 Å². The fourth-order valence-electron chi connectivity index (χ4n) is 9.51. The number of nitrogens with two attached hydrogens (primary N) is 1. The summed E-state index contributed by atoms with van der Waals surface area (Å²) in [6.07, 6.45) is 76.2. The molecule has 10 heteroatoms. The Kier molecular flexibility index (Phi) is 59.5. The van der Waals surface area contributed by atoms with E-state index in [-0.39, 0.29) is 38.6 Å². The molecule has 0 amide bonds. The molecule has 0 aliphatic carbocycles. The number of esters is 2. The molecule has 0 saturated heterocycles. The summed E-state index contributed by atoms with van der Waals surface area (Å²) in [6.45, 7) is 3.69. The van der Waals surface area contributed by atoms with E-state index in [0.717, 1.165) is 64.2 Å². The Labute approximate surface area is 464 Å². The van der Waals surface area contributed by atoms with E-state index in [9.17, 15) is 19.0 Å². The number of carbonyl (C=O) groups is 2. The van der Waals surface area contributed by atoms with Gasteiger partial charge in [-0.1, -0.05) is 306 Å². The number of rotatable bonds is 61. The van der Waals surface area contributed by atoms with Gasteiger partial charge in [0.2, 0.25) is 0 Å². The molecule has 0 fully saturated rings. The molecule has 3 N–H and O–H groups in total. The van der Waals surface area contributed by atoms with Crippen molar-refractivity contribution < 1.29 is 37.6 Å². The van der Waals surface area contributed by atoms with Crippen molar-refractivity contribution in [1.82, 2.24) is 0 Å². The molecule has 0 aliphatic rings. The first-order valence-electron chi connectivity index (χ1n) is 32.1. The van der Waals surface area contributed by atoms with Crippen LogP contribution in [0.1, 0.15) is 322 Å². The van der Waals surface area contributed by atoms with Gasteiger partial charge < -0.3 is 20.1 Å². The van der Waals surface area contributed by atoms with Crippen molar-refractivity contribution in [3.8, 4) is 0 Å². The van der Waals surface area contributed by atoms with Crippen molar-refractivity contribution in [3.05, 3.63) is 48.6 Å². The monoisotopic (exact) mass is 1080 g/mol. The van der Waals surface area contributed by atoms with E-state index in [1.54, 1.807) is 0 Å². The number of ether oxygens (including phenoxy) is 2. The molecule has 2 atom stereocenters. The number of allylic oxidation sites excluding steroid dienone is 8. The summed E-state index contributed by atoms with van der Waals surface area (Å²) in [7, 11) is -4.39. The molecule has 0 aromatic carbocycles. The first kappa shape index (κ1) is 73.0. The van der Waals surface area contributed by atoms with Gasteiger partial charge in [0.25, 0.3) is 0 Å². The van der Waals surface area contributed by atoms with Gasteiger partial charge >= 0.3 is 19.8 Å². The van der Waals surface area contributed by atoms with Crippen LogP contribution in [0.2, 0.25) is 0 Å². The summed E-state index contributed by atoms with van der Waals surface area (Å²) in [5.41, 5.74) is 5.39. The SMILES string of the molecule is CC/C=C\C/C=C\C/C=C\C/C=C\CCCCCCCCCCCCCCC(=O)OC(COC(=O)CCCCCCCCCCCCCCCCCCCCCCCCCCCCCCC)COP(=O)(O)OCCN. The van der Waals surface area contributed by atoms with Gasteiger partial charge in [0.15, 0.2) is 6.10 Å². The van der Waals surface area contributed by atoms with Crippen LogP contribution in [0.25, 0.3) is 0 Å². The van der Waals surface area contributed by atoms with Crippen molar-refractivity contribution >= 4 is 19.8 Å². The molecule has 2 unspecified atom stereocenters. The molecular weight excluding hydrogens is 954 g/mol. The van der Waals surface area contributed by atoms with Gasteiger partial charge in [0, 0.05) is 19.4 Å². The molecule has 9 nitrogen and oxygen atoms in total. The third kappa shape index (κ3) is 61.1. The number of unbranched alkanes of at least 4 members (excludes halogenated alkanes) is 40. The average Bonchev–Trinajstić information content (AvgIpc) is 3.40. The standard InChI is InChI=1S/C65H122NO8P/c1-3-5-7-9-11-13-15-17-19-21-23-25-27-29-30-31-32-34-35-37-39-41-43-45-47-49-51-53-55-57-64(67)71-61-63(62-73-75(69,70)72-60-59-66)74-65(68)58-56-54-52-50-48-46-44-42-40-38-36-33-28-26-24-22-20-18-16-14-12-10-8-6-4-2/h6,8,12,14,18,20,24,26,63H,3-5,7,9-11,13,15-17,19,21-23,25,27-62,66H2,1-2H3,(H,69,70)/b8-6-,14-12-,20-18-,26-24-. The minimum absolute atomic E-state index is 0.0538. The lowest BCUT2D eigenvalue weighted by Crippen LogP contribution is -2.29. The van der Waals surface area contributed by atoms with Crippen LogP contribution in [0, 0.1) is 0 Å². The van der Waals surface area contributed by atoms with Gasteiger partial charge in [-0.05, 0) is 51.4 Å². The van der Waals surface area contributed by atoms with Crippen LogP contribution < -0.4 is 5.73 Å². The van der Waals surface area contributed by atoms with Crippen molar-refractivity contribution in [2.24, 2.45) is 5.73 Å². The van der Waals surface area contributed by atoms with E-state index >= 15 is 0 Å². The molecule has 0 bridgehead atoms. The molecule has 0 saturated carbocycles. The summed E-state index contributed by atoms with van der Waals surface area (Å²) in [6, 6.07) is 0. The predicted octanol–water partition coefficient (Wildman–Crippen LogP) is 20.5. The van der Waals surface area contributed by atoms with Crippen LogP contribution in [-0.2, 0) is 32.7 Å². The quantitative estimate of drug-likeness (QED) is 0.0264. The Balaban J connectivity index is 3.87. The van der Waals surface area contributed by atoms with Crippen LogP contribution in [0.15, 0.2) is 48.6 Å². The van der Waals surface area contributed by atoms with Gasteiger partial charge in [0.05, 0.1) is 13.2 Å². The highest BCUT2D eigenvalue weighted by Crippen LogP contribution is 2.43. The van der Waals surface area contributed by atoms with Crippen LogP contribution in [0.3, 0.4) is 0 Å². The number of phosphoric acid groups is 1. The van der Waals surface area contributed by atoms with E-state index in [2.05, 4.69) is 62.5 Å². The molecule has 0 spiro atoms. The fraction of sp³-hybridized carbons (Fsp3) is 0.846. The van der Waals surface area contributed by atoms with Crippen molar-refractivity contribution in [1.29, 1.82) is 0 Å². The van der Waals surface area contributed by atoms with Gasteiger partial charge in [-0.15, -0.1) is 0 Å². The molecule has 0 heterocycles. The molecule has 0 aliphatic heterocycles. The van der Waals surface area contributed by atoms with E-state index in [0.29, 0.717) is 6.42 Å². The minimum Gasteiger partial charge on any atom is -0.462 e. The van der Waals surface area contributed by atoms with Gasteiger partial charge in [-0.3, -0.25) is 18.6 Å². The number of hydrogen-bond acceptors (Lipinski definition) is 8. The highest BCUT2D eigenvalue weighted by Gasteiger charge is 2.26. The van der Waals surface area contributed by atoms with Crippen molar-refractivity contribution in [2.45, 2.75) is 328 Å². The summed E-state index contributed by atoms with van der Waals surface area (Å²) in [4.78, 5) is 35.3. The second-order valence-corrected chi connectivity index (χ2v) is 23.1. The normalized spacial score (nSPS) is 13.3. The fourth-order valence-corrected chi connectivity index (χ4v) is 10.3. The third-order valence-electron chi connectivity index (χ3n) is 14.2. The largest absolute Gasteiger partial charge is 0.472 e. The number of carbonyl (C=O) groups excluding carboxylic acids is 2. The van der Waals surface area contributed by atoms with E-state index < -0.39 is 26.5 Å². The Bertz CT molecular complexity index is 1370.